The molecule has 0 unspecified atom stereocenters. The van der Waals surface area contributed by atoms with Crippen LogP contribution < -0.4 is 0 Å². The molecule has 0 aliphatic rings. The molecule has 0 saturated heterocycles. The van der Waals surface area contributed by atoms with Crippen LogP contribution in [-0.2, 0) is 9.53 Å². The Morgan fingerprint density at radius 1 is 1.33 bits per heavy atom. The third-order valence-corrected chi connectivity index (χ3v) is 3.10. The molecule has 1 amide bonds. The maximum absolute atomic E-state index is 12.5. The smallest absolute Gasteiger partial charge is 0.307 e. The van der Waals surface area contributed by atoms with Crippen molar-refractivity contribution in [1.82, 2.24) is 15.1 Å². The third-order valence-electron chi connectivity index (χ3n) is 2.64. The predicted molar refractivity (Wildman–Crippen MR) is 79.4 cm³/mol. The monoisotopic (exact) mass is 333 g/mol. The summed E-state index contributed by atoms with van der Waals surface area (Å²) in [6.45, 7) is 4.65. The number of hydrogen-bond acceptors (Lipinski definition) is 5. The van der Waals surface area contributed by atoms with Crippen LogP contribution in [0.2, 0.25) is 10.3 Å². The van der Waals surface area contributed by atoms with Crippen LogP contribution in [0.1, 0.15) is 30.6 Å². The van der Waals surface area contributed by atoms with Gasteiger partial charge in [-0.3, -0.25) is 9.59 Å². The standard InChI is InChI=1S/C13H17Cl2N3O3/c1-8(2)7-18(5-4-11(19)21-3)13(20)9-6-10(14)16-17-12(9)15/h6,8H,4-5,7H2,1-3H3. The maximum Gasteiger partial charge on any atom is 0.307 e. The fourth-order valence-electron chi connectivity index (χ4n) is 1.72. The van der Waals surface area contributed by atoms with E-state index in [2.05, 4.69) is 14.9 Å². The number of carbonyl (C=O) groups is 2. The summed E-state index contributed by atoms with van der Waals surface area (Å²) in [6.07, 6.45) is 0.110. The molecule has 0 aliphatic heterocycles. The molecule has 0 fully saturated rings. The van der Waals surface area contributed by atoms with Gasteiger partial charge in [0.2, 0.25) is 0 Å². The van der Waals surface area contributed by atoms with Gasteiger partial charge in [0.05, 0.1) is 19.1 Å². The van der Waals surface area contributed by atoms with E-state index in [1.165, 1.54) is 18.1 Å². The van der Waals surface area contributed by atoms with Crippen LogP contribution in [-0.4, -0.2) is 47.2 Å². The lowest BCUT2D eigenvalue weighted by molar-refractivity contribution is -0.140. The first kappa shape index (κ1) is 17.7. The van der Waals surface area contributed by atoms with E-state index in [9.17, 15) is 9.59 Å². The van der Waals surface area contributed by atoms with Gasteiger partial charge in [-0.05, 0) is 12.0 Å². The lowest BCUT2D eigenvalue weighted by Crippen LogP contribution is -2.36. The summed E-state index contributed by atoms with van der Waals surface area (Å²) < 4.78 is 4.59. The molecule has 0 aliphatic carbocycles. The Labute approximate surface area is 133 Å². The van der Waals surface area contributed by atoms with E-state index in [0.717, 1.165) is 0 Å². The number of carbonyl (C=O) groups excluding carboxylic acids is 2. The van der Waals surface area contributed by atoms with Crippen molar-refractivity contribution in [3.63, 3.8) is 0 Å². The van der Waals surface area contributed by atoms with Gasteiger partial charge in [0.15, 0.2) is 10.3 Å². The number of amides is 1. The highest BCUT2D eigenvalue weighted by atomic mass is 35.5. The highest BCUT2D eigenvalue weighted by Gasteiger charge is 2.21. The van der Waals surface area contributed by atoms with E-state index >= 15 is 0 Å². The van der Waals surface area contributed by atoms with Gasteiger partial charge >= 0.3 is 5.97 Å². The van der Waals surface area contributed by atoms with Crippen molar-refractivity contribution in [3.8, 4) is 0 Å². The predicted octanol–water partition coefficient (Wildman–Crippen LogP) is 2.44. The Hall–Kier alpha value is -1.40. The molecule has 0 atom stereocenters. The van der Waals surface area contributed by atoms with Crippen LogP contribution in [0.3, 0.4) is 0 Å². The second-order valence-corrected chi connectivity index (χ2v) is 5.59. The van der Waals surface area contributed by atoms with Gasteiger partial charge in [-0.15, -0.1) is 10.2 Å². The minimum absolute atomic E-state index is 0.0174. The Balaban J connectivity index is 2.93. The summed E-state index contributed by atoms with van der Waals surface area (Å²) in [5.74, 6) is -0.487. The molecule has 0 bridgehead atoms. The second-order valence-electron chi connectivity index (χ2n) is 4.84. The van der Waals surface area contributed by atoms with E-state index in [0.29, 0.717) is 6.54 Å². The van der Waals surface area contributed by atoms with Gasteiger partial charge in [-0.2, -0.15) is 0 Å². The molecule has 1 aromatic rings. The van der Waals surface area contributed by atoms with Gasteiger partial charge in [0.1, 0.15) is 0 Å². The summed E-state index contributed by atoms with van der Waals surface area (Å²) in [7, 11) is 1.31. The quantitative estimate of drug-likeness (QED) is 0.747. The highest BCUT2D eigenvalue weighted by molar-refractivity contribution is 6.34. The Morgan fingerprint density at radius 3 is 2.57 bits per heavy atom. The number of halogens is 2. The number of nitrogens with zero attached hydrogens (tertiary/aromatic N) is 3. The number of esters is 1. The first-order valence-corrected chi connectivity index (χ1v) is 7.15. The van der Waals surface area contributed by atoms with Gasteiger partial charge in [-0.25, -0.2) is 0 Å². The average molecular weight is 334 g/mol. The Bertz CT molecular complexity index is 523. The largest absolute Gasteiger partial charge is 0.469 e. The van der Waals surface area contributed by atoms with E-state index in [4.69, 9.17) is 23.2 Å². The van der Waals surface area contributed by atoms with Crippen molar-refractivity contribution in [3.05, 3.63) is 21.9 Å². The van der Waals surface area contributed by atoms with Crippen LogP contribution in [0.15, 0.2) is 6.07 Å². The van der Waals surface area contributed by atoms with Crippen LogP contribution >= 0.6 is 23.2 Å². The van der Waals surface area contributed by atoms with Gasteiger partial charge < -0.3 is 9.64 Å². The minimum atomic E-state index is -0.381. The first-order chi connectivity index (χ1) is 9.85. The van der Waals surface area contributed by atoms with Crippen LogP contribution in [0.25, 0.3) is 0 Å². The highest BCUT2D eigenvalue weighted by Crippen LogP contribution is 2.18. The SMILES string of the molecule is COC(=O)CCN(CC(C)C)C(=O)c1cc(Cl)nnc1Cl. The Morgan fingerprint density at radius 2 is 2.00 bits per heavy atom. The maximum atomic E-state index is 12.5. The van der Waals surface area contributed by atoms with Crippen LogP contribution in [0.4, 0.5) is 0 Å². The summed E-state index contributed by atoms with van der Waals surface area (Å²) in [6, 6.07) is 1.37. The molecule has 1 heterocycles. The van der Waals surface area contributed by atoms with Crippen LogP contribution in [0, 0.1) is 5.92 Å². The Kier molecular flexibility index (Phi) is 6.84. The van der Waals surface area contributed by atoms with E-state index < -0.39 is 0 Å². The number of rotatable bonds is 6. The number of aromatic nitrogens is 2. The van der Waals surface area contributed by atoms with Gasteiger partial charge in [0.25, 0.3) is 5.91 Å². The molecule has 21 heavy (non-hydrogen) atoms. The number of methoxy groups -OCH3 is 1. The summed E-state index contributed by atoms with van der Waals surface area (Å²) >= 11 is 11.6. The summed E-state index contributed by atoms with van der Waals surface area (Å²) in [5.41, 5.74) is 0.169. The van der Waals surface area contributed by atoms with Crippen molar-refractivity contribution in [2.24, 2.45) is 5.92 Å². The van der Waals surface area contributed by atoms with Crippen molar-refractivity contribution in [2.75, 3.05) is 20.2 Å². The molecule has 0 N–H and O–H groups in total. The number of hydrogen-bond donors (Lipinski definition) is 0. The van der Waals surface area contributed by atoms with Crippen molar-refractivity contribution < 1.29 is 14.3 Å². The van der Waals surface area contributed by atoms with Crippen molar-refractivity contribution in [1.29, 1.82) is 0 Å². The molecule has 1 aromatic heterocycles. The molecule has 0 radical (unpaired) electrons. The average Bonchev–Trinajstić information content (AvgIpc) is 2.44. The van der Waals surface area contributed by atoms with Crippen molar-refractivity contribution in [2.45, 2.75) is 20.3 Å². The fourth-order valence-corrected chi connectivity index (χ4v) is 2.04. The number of ether oxygens (including phenoxy) is 1. The van der Waals surface area contributed by atoms with Crippen LogP contribution in [0.5, 0.6) is 0 Å². The summed E-state index contributed by atoms with van der Waals surface area (Å²) in [5, 5.41) is 7.25. The molecule has 0 saturated carbocycles. The molecule has 8 heteroatoms. The zero-order valence-electron chi connectivity index (χ0n) is 12.1. The van der Waals surface area contributed by atoms with Gasteiger partial charge in [-0.1, -0.05) is 37.0 Å². The summed E-state index contributed by atoms with van der Waals surface area (Å²) in [4.78, 5) is 25.3. The molecule has 0 aromatic carbocycles. The van der Waals surface area contributed by atoms with E-state index in [1.54, 1.807) is 0 Å². The molecule has 6 nitrogen and oxygen atoms in total. The van der Waals surface area contributed by atoms with Gasteiger partial charge in [0, 0.05) is 13.1 Å². The molecular weight excluding hydrogens is 317 g/mol. The molecular formula is C13H17Cl2N3O3. The third kappa shape index (κ3) is 5.47. The van der Waals surface area contributed by atoms with Crippen molar-refractivity contribution >= 4 is 35.1 Å². The van der Waals surface area contributed by atoms with E-state index in [-0.39, 0.29) is 46.6 Å². The normalized spacial score (nSPS) is 10.6. The topological polar surface area (TPSA) is 72.4 Å². The molecule has 0 spiro atoms. The molecule has 1 rings (SSSR count). The van der Waals surface area contributed by atoms with E-state index in [1.807, 2.05) is 13.8 Å². The lowest BCUT2D eigenvalue weighted by atomic mass is 10.1. The fraction of sp³-hybridized carbons (Fsp3) is 0.538. The zero-order valence-corrected chi connectivity index (χ0v) is 13.6. The minimum Gasteiger partial charge on any atom is -0.469 e. The zero-order chi connectivity index (χ0) is 16.0. The molecule has 116 valence electrons. The second kappa shape index (κ2) is 8.14. The first-order valence-electron chi connectivity index (χ1n) is 6.40. The lowest BCUT2D eigenvalue weighted by Gasteiger charge is -2.24.